The molecule has 116 valence electrons. The summed E-state index contributed by atoms with van der Waals surface area (Å²) in [5.41, 5.74) is 9.43. The molecule has 0 aromatic heterocycles. The molecule has 1 aliphatic carbocycles. The van der Waals surface area contributed by atoms with Crippen molar-refractivity contribution in [2.24, 2.45) is 11.7 Å². The van der Waals surface area contributed by atoms with Crippen LogP contribution in [0.2, 0.25) is 0 Å². The van der Waals surface area contributed by atoms with Crippen molar-refractivity contribution in [1.29, 1.82) is 0 Å². The molecule has 0 spiro atoms. The number of nitrogens with zero attached hydrogens (tertiary/aromatic N) is 1. The maximum absolute atomic E-state index is 6.61. The Morgan fingerprint density at radius 3 is 2.52 bits per heavy atom. The molecule has 1 saturated heterocycles. The third kappa shape index (κ3) is 3.01. The van der Waals surface area contributed by atoms with E-state index < -0.39 is 0 Å². The summed E-state index contributed by atoms with van der Waals surface area (Å²) in [6.07, 6.45) is 3.67. The SMILES string of the molecule is COCC1CCN(C2CC(C)c3ccccc3C2N)CC1. The number of piperidine rings is 1. The highest BCUT2D eigenvalue weighted by Gasteiger charge is 2.35. The molecule has 0 radical (unpaired) electrons. The van der Waals surface area contributed by atoms with E-state index in [1.807, 2.05) is 7.11 Å². The monoisotopic (exact) mass is 288 g/mol. The lowest BCUT2D eigenvalue weighted by atomic mass is 9.77. The summed E-state index contributed by atoms with van der Waals surface area (Å²) < 4.78 is 5.30. The van der Waals surface area contributed by atoms with Gasteiger partial charge in [-0.05, 0) is 55.3 Å². The average Bonchev–Trinajstić information content (AvgIpc) is 2.52. The van der Waals surface area contributed by atoms with Gasteiger partial charge in [-0.1, -0.05) is 31.2 Å². The molecule has 21 heavy (non-hydrogen) atoms. The molecule has 0 amide bonds. The van der Waals surface area contributed by atoms with Crippen LogP contribution in [0.25, 0.3) is 0 Å². The van der Waals surface area contributed by atoms with Crippen LogP contribution in [0.15, 0.2) is 24.3 Å². The molecule has 3 heteroatoms. The van der Waals surface area contributed by atoms with Crippen molar-refractivity contribution in [2.75, 3.05) is 26.8 Å². The summed E-state index contributed by atoms with van der Waals surface area (Å²) >= 11 is 0. The van der Waals surface area contributed by atoms with E-state index in [0.717, 1.165) is 12.5 Å². The van der Waals surface area contributed by atoms with Crippen molar-refractivity contribution in [2.45, 2.75) is 44.2 Å². The van der Waals surface area contributed by atoms with Crippen LogP contribution in [0, 0.1) is 5.92 Å². The zero-order valence-electron chi connectivity index (χ0n) is 13.3. The largest absolute Gasteiger partial charge is 0.384 e. The Kier molecular flexibility index (Phi) is 4.63. The number of methoxy groups -OCH3 is 1. The summed E-state index contributed by atoms with van der Waals surface area (Å²) in [5.74, 6) is 1.35. The second-order valence-corrected chi connectivity index (χ2v) is 6.79. The van der Waals surface area contributed by atoms with Crippen LogP contribution in [0.3, 0.4) is 0 Å². The quantitative estimate of drug-likeness (QED) is 0.929. The van der Waals surface area contributed by atoms with Gasteiger partial charge in [-0.3, -0.25) is 4.90 Å². The first kappa shape index (κ1) is 15.0. The molecular formula is C18H28N2O. The minimum atomic E-state index is 0.163. The summed E-state index contributed by atoms with van der Waals surface area (Å²) in [4.78, 5) is 2.63. The fraction of sp³-hybridized carbons (Fsp3) is 0.667. The van der Waals surface area contributed by atoms with Crippen LogP contribution >= 0.6 is 0 Å². The molecule has 0 saturated carbocycles. The van der Waals surface area contributed by atoms with E-state index in [0.29, 0.717) is 12.0 Å². The van der Waals surface area contributed by atoms with Crippen LogP contribution < -0.4 is 5.73 Å². The highest BCUT2D eigenvalue weighted by molar-refractivity contribution is 5.36. The Morgan fingerprint density at radius 2 is 1.86 bits per heavy atom. The number of rotatable bonds is 3. The van der Waals surface area contributed by atoms with Crippen LogP contribution in [-0.2, 0) is 4.74 Å². The van der Waals surface area contributed by atoms with Gasteiger partial charge in [0.05, 0.1) is 0 Å². The topological polar surface area (TPSA) is 38.5 Å². The van der Waals surface area contributed by atoms with Gasteiger partial charge < -0.3 is 10.5 Å². The van der Waals surface area contributed by atoms with Gasteiger partial charge in [0.1, 0.15) is 0 Å². The number of hydrogen-bond acceptors (Lipinski definition) is 3. The van der Waals surface area contributed by atoms with Crippen LogP contribution in [-0.4, -0.2) is 37.7 Å². The zero-order chi connectivity index (χ0) is 14.8. The summed E-state index contributed by atoms with van der Waals surface area (Å²) in [5, 5.41) is 0. The van der Waals surface area contributed by atoms with Gasteiger partial charge in [0.2, 0.25) is 0 Å². The average molecular weight is 288 g/mol. The fourth-order valence-corrected chi connectivity index (χ4v) is 4.17. The zero-order valence-corrected chi connectivity index (χ0v) is 13.3. The van der Waals surface area contributed by atoms with E-state index in [4.69, 9.17) is 10.5 Å². The summed E-state index contributed by atoms with van der Waals surface area (Å²) in [7, 11) is 1.81. The Balaban J connectivity index is 1.70. The number of nitrogens with two attached hydrogens (primary N) is 1. The Bertz CT molecular complexity index is 468. The second kappa shape index (κ2) is 6.47. The van der Waals surface area contributed by atoms with Gasteiger partial charge in [0.25, 0.3) is 0 Å². The molecule has 1 heterocycles. The van der Waals surface area contributed by atoms with Crippen LogP contribution in [0.5, 0.6) is 0 Å². The van der Waals surface area contributed by atoms with Gasteiger partial charge in [-0.15, -0.1) is 0 Å². The van der Waals surface area contributed by atoms with Gasteiger partial charge in [0, 0.05) is 25.8 Å². The van der Waals surface area contributed by atoms with Crippen molar-refractivity contribution in [3.63, 3.8) is 0 Å². The van der Waals surface area contributed by atoms with Gasteiger partial charge in [0.15, 0.2) is 0 Å². The molecule has 3 atom stereocenters. The van der Waals surface area contributed by atoms with E-state index in [-0.39, 0.29) is 6.04 Å². The van der Waals surface area contributed by atoms with Crippen molar-refractivity contribution in [3.8, 4) is 0 Å². The highest BCUT2D eigenvalue weighted by atomic mass is 16.5. The minimum absolute atomic E-state index is 0.163. The first-order chi connectivity index (χ1) is 10.2. The van der Waals surface area contributed by atoms with E-state index >= 15 is 0 Å². The highest BCUT2D eigenvalue weighted by Crippen LogP contribution is 2.39. The van der Waals surface area contributed by atoms with E-state index in [9.17, 15) is 0 Å². The van der Waals surface area contributed by atoms with Gasteiger partial charge >= 0.3 is 0 Å². The number of fused-ring (bicyclic) bond motifs is 1. The lowest BCUT2D eigenvalue weighted by Gasteiger charge is -2.44. The molecule has 1 aromatic carbocycles. The van der Waals surface area contributed by atoms with Crippen molar-refractivity contribution >= 4 is 0 Å². The molecule has 1 fully saturated rings. The maximum atomic E-state index is 6.61. The lowest BCUT2D eigenvalue weighted by Crippen LogP contribution is -2.49. The smallest absolute Gasteiger partial charge is 0.0491 e. The Labute approximate surface area is 128 Å². The summed E-state index contributed by atoms with van der Waals surface area (Å²) in [6, 6.07) is 9.40. The van der Waals surface area contributed by atoms with E-state index in [1.165, 1.54) is 43.5 Å². The van der Waals surface area contributed by atoms with Gasteiger partial charge in [-0.25, -0.2) is 0 Å². The third-order valence-corrected chi connectivity index (χ3v) is 5.42. The van der Waals surface area contributed by atoms with E-state index in [2.05, 4.69) is 36.1 Å². The molecule has 3 unspecified atom stereocenters. The van der Waals surface area contributed by atoms with Crippen molar-refractivity contribution in [3.05, 3.63) is 35.4 Å². The van der Waals surface area contributed by atoms with Crippen LogP contribution in [0.1, 0.15) is 49.3 Å². The van der Waals surface area contributed by atoms with Crippen molar-refractivity contribution in [1.82, 2.24) is 4.90 Å². The third-order valence-electron chi connectivity index (χ3n) is 5.42. The molecule has 0 bridgehead atoms. The number of likely N-dealkylation sites (tertiary alicyclic amines) is 1. The molecule has 2 aliphatic rings. The van der Waals surface area contributed by atoms with Crippen LogP contribution in [0.4, 0.5) is 0 Å². The molecule has 1 aromatic rings. The fourth-order valence-electron chi connectivity index (χ4n) is 4.17. The standard InChI is InChI=1S/C18H28N2O/c1-13-11-17(18(19)16-6-4-3-5-15(13)16)20-9-7-14(8-10-20)12-21-2/h3-6,13-14,17-18H,7-12,19H2,1-2H3. The first-order valence-corrected chi connectivity index (χ1v) is 8.28. The first-order valence-electron chi connectivity index (χ1n) is 8.28. The Morgan fingerprint density at radius 1 is 1.19 bits per heavy atom. The molecule has 3 nitrogen and oxygen atoms in total. The molecular weight excluding hydrogens is 260 g/mol. The minimum Gasteiger partial charge on any atom is -0.384 e. The molecule has 3 rings (SSSR count). The number of benzene rings is 1. The Hall–Kier alpha value is -0.900. The number of hydrogen-bond donors (Lipinski definition) is 1. The van der Waals surface area contributed by atoms with E-state index in [1.54, 1.807) is 0 Å². The summed E-state index contributed by atoms with van der Waals surface area (Å²) in [6.45, 7) is 5.59. The number of ether oxygens (including phenoxy) is 1. The van der Waals surface area contributed by atoms with Gasteiger partial charge in [-0.2, -0.15) is 0 Å². The predicted octanol–water partition coefficient (Wildman–Crippen LogP) is 2.92. The lowest BCUT2D eigenvalue weighted by molar-refractivity contribution is 0.0647. The second-order valence-electron chi connectivity index (χ2n) is 6.79. The maximum Gasteiger partial charge on any atom is 0.0491 e. The van der Waals surface area contributed by atoms with Crippen molar-refractivity contribution < 1.29 is 4.74 Å². The molecule has 2 N–H and O–H groups in total. The normalized spacial score (nSPS) is 31.1. The predicted molar refractivity (Wildman–Crippen MR) is 86.4 cm³/mol. The molecule has 1 aliphatic heterocycles.